The molecule has 4 atom stereocenters. The summed E-state index contributed by atoms with van der Waals surface area (Å²) < 4.78 is 25.8. The number of nitrogens with one attached hydrogen (secondary N) is 1. The van der Waals surface area contributed by atoms with Crippen molar-refractivity contribution in [1.82, 2.24) is 5.32 Å². The van der Waals surface area contributed by atoms with Gasteiger partial charge in [-0.2, -0.15) is 0 Å². The number of aliphatic hydroxyl groups is 1. The van der Waals surface area contributed by atoms with Gasteiger partial charge in [-0.05, 0) is 70.1 Å². The van der Waals surface area contributed by atoms with E-state index in [9.17, 15) is 14.3 Å². The topological polar surface area (TPSA) is 67.8 Å². The zero-order valence-corrected chi connectivity index (χ0v) is 19.7. The lowest BCUT2D eigenvalue weighted by atomic mass is 9.61. The number of hydrogen-bond donors (Lipinski definition) is 2. The van der Waals surface area contributed by atoms with E-state index in [0.717, 1.165) is 45.1 Å². The largest absolute Gasteiger partial charge is 0.391 e. The fraction of sp³-hybridized carbons (Fsp3) is 0.957. The third kappa shape index (κ3) is 5.68. The molecule has 0 heterocycles. The van der Waals surface area contributed by atoms with Crippen LogP contribution in [-0.4, -0.2) is 64.5 Å². The highest BCUT2D eigenvalue weighted by atomic mass is 35.5. The van der Waals surface area contributed by atoms with E-state index in [2.05, 4.69) is 5.32 Å². The first-order valence-corrected chi connectivity index (χ1v) is 12.8. The van der Waals surface area contributed by atoms with Crippen LogP contribution in [0.5, 0.6) is 0 Å². The van der Waals surface area contributed by atoms with Crippen LogP contribution in [0.1, 0.15) is 77.0 Å². The average molecular weight is 480 g/mol. The molecule has 5 aliphatic rings. The maximum absolute atomic E-state index is 13.8. The maximum Gasteiger partial charge on any atom is 0.246 e. The molecule has 31 heavy (non-hydrogen) atoms. The Hall–Kier alpha value is -0.140. The molecule has 0 aromatic rings. The van der Waals surface area contributed by atoms with Crippen molar-refractivity contribution in [2.24, 2.45) is 5.92 Å². The molecule has 8 heteroatoms. The Morgan fingerprint density at radius 2 is 1.77 bits per heavy atom. The number of carbonyl (C=O) groups is 1. The van der Waals surface area contributed by atoms with E-state index < -0.39 is 23.2 Å². The number of rotatable bonds is 7. The van der Waals surface area contributed by atoms with Gasteiger partial charge in [0.15, 0.2) is 0 Å². The van der Waals surface area contributed by atoms with Crippen LogP contribution in [0, 0.1) is 5.92 Å². The summed E-state index contributed by atoms with van der Waals surface area (Å²) in [6, 6.07) is 0. The average Bonchev–Trinajstić information content (AvgIpc) is 2.76. The summed E-state index contributed by atoms with van der Waals surface area (Å²) in [6.45, 7) is 0.632. The van der Waals surface area contributed by atoms with E-state index >= 15 is 0 Å². The minimum atomic E-state index is -1.08. The van der Waals surface area contributed by atoms with E-state index in [4.69, 9.17) is 32.7 Å². The van der Waals surface area contributed by atoms with Gasteiger partial charge >= 0.3 is 0 Å². The predicted molar refractivity (Wildman–Crippen MR) is 118 cm³/mol. The number of amides is 1. The molecule has 4 unspecified atom stereocenters. The second-order valence-corrected chi connectivity index (χ2v) is 11.5. The number of fused-ring (bicyclic) bond motifs is 3. The first-order valence-electron chi connectivity index (χ1n) is 12.0. The molecule has 0 saturated heterocycles. The number of ether oxygens (including phenoxy) is 2. The van der Waals surface area contributed by atoms with Crippen LogP contribution in [0.15, 0.2) is 0 Å². The zero-order valence-electron chi connectivity index (χ0n) is 18.2. The van der Waals surface area contributed by atoms with Crippen molar-refractivity contribution in [3.8, 4) is 0 Å². The molecule has 2 bridgehead atoms. The summed E-state index contributed by atoms with van der Waals surface area (Å²) in [5.41, 5.74) is -0.866. The molecule has 5 nitrogen and oxygen atoms in total. The molecule has 1 amide bonds. The molecule has 0 aromatic heterocycles. The Morgan fingerprint density at radius 3 is 2.42 bits per heavy atom. The van der Waals surface area contributed by atoms with Crippen LogP contribution >= 0.6 is 23.2 Å². The lowest BCUT2D eigenvalue weighted by molar-refractivity contribution is -0.177. The van der Waals surface area contributed by atoms with Crippen molar-refractivity contribution in [1.29, 1.82) is 0 Å². The van der Waals surface area contributed by atoms with Gasteiger partial charge in [0.1, 0.15) is 12.8 Å². The molecular weight excluding hydrogens is 444 g/mol. The number of alkyl halides is 3. The van der Waals surface area contributed by atoms with Gasteiger partial charge < -0.3 is 19.9 Å². The minimum Gasteiger partial charge on any atom is -0.391 e. The number of hydrogen-bond acceptors (Lipinski definition) is 4. The van der Waals surface area contributed by atoms with Crippen molar-refractivity contribution in [3.05, 3.63) is 0 Å². The summed E-state index contributed by atoms with van der Waals surface area (Å²) in [7, 11) is 0. The fourth-order valence-corrected chi connectivity index (χ4v) is 6.41. The molecule has 0 spiro atoms. The molecule has 5 saturated carbocycles. The molecule has 178 valence electrons. The van der Waals surface area contributed by atoms with Gasteiger partial charge in [-0.1, -0.05) is 0 Å². The summed E-state index contributed by atoms with van der Waals surface area (Å²) >= 11 is 12.1. The second kappa shape index (κ2) is 10.0. The lowest BCUT2D eigenvalue weighted by Gasteiger charge is -2.56. The Bertz CT molecular complexity index is 623. The predicted octanol–water partition coefficient (Wildman–Crippen LogP) is 4.25. The standard InChI is InChI=1S/C23H36Cl2FNO4/c24-16-3-1-15(2-4-16)13-31-22-7-9-23(10-8-22,20(28)12-22)27-21(29)14-30-17-5-6-18(25)19(26)11-17/h15-20,28H,1-14H2,(H,27,29). The lowest BCUT2D eigenvalue weighted by Crippen LogP contribution is -2.67. The van der Waals surface area contributed by atoms with Crippen LogP contribution in [0.3, 0.4) is 0 Å². The van der Waals surface area contributed by atoms with Crippen molar-refractivity contribution in [2.75, 3.05) is 13.2 Å². The zero-order chi connectivity index (χ0) is 22.1. The van der Waals surface area contributed by atoms with Crippen molar-refractivity contribution in [3.63, 3.8) is 0 Å². The summed E-state index contributed by atoms with van der Waals surface area (Å²) in [4.78, 5) is 12.6. The maximum atomic E-state index is 13.8. The normalized spacial score (nSPS) is 45.4. The highest BCUT2D eigenvalue weighted by Gasteiger charge is 2.55. The SMILES string of the molecule is O=C(COC1CCC(Cl)C(F)C1)NC12CCC(OCC3CCC(Cl)CC3)(CC1)CC2O. The highest BCUT2D eigenvalue weighted by molar-refractivity contribution is 6.21. The number of carbonyl (C=O) groups excluding carboxylic acids is 1. The van der Waals surface area contributed by atoms with Gasteiger partial charge in [0.05, 0.1) is 35.3 Å². The van der Waals surface area contributed by atoms with Gasteiger partial charge in [0, 0.05) is 18.2 Å². The van der Waals surface area contributed by atoms with Crippen LogP contribution < -0.4 is 5.32 Å². The molecular formula is C23H36Cl2FNO4. The molecule has 0 aliphatic heterocycles. The highest BCUT2D eigenvalue weighted by Crippen LogP contribution is 2.49. The Kier molecular flexibility index (Phi) is 7.74. The van der Waals surface area contributed by atoms with E-state index in [1.807, 2.05) is 0 Å². The van der Waals surface area contributed by atoms with Crippen LogP contribution in [-0.2, 0) is 14.3 Å². The Balaban J connectivity index is 1.22. The molecule has 5 aliphatic carbocycles. The quantitative estimate of drug-likeness (QED) is 0.535. The molecule has 0 radical (unpaired) electrons. The first-order chi connectivity index (χ1) is 14.8. The Morgan fingerprint density at radius 1 is 1.06 bits per heavy atom. The Labute approximate surface area is 194 Å². The molecule has 2 N–H and O–H groups in total. The molecule has 0 aromatic carbocycles. The second-order valence-electron chi connectivity index (χ2n) is 10.3. The van der Waals surface area contributed by atoms with Crippen molar-refractivity contribution >= 4 is 29.1 Å². The summed E-state index contributed by atoms with van der Waals surface area (Å²) in [6.07, 6.45) is 7.49. The van der Waals surface area contributed by atoms with Crippen molar-refractivity contribution < 1.29 is 23.8 Å². The van der Waals surface area contributed by atoms with Crippen LogP contribution in [0.25, 0.3) is 0 Å². The van der Waals surface area contributed by atoms with Gasteiger partial charge in [0.25, 0.3) is 0 Å². The van der Waals surface area contributed by atoms with Crippen LogP contribution in [0.2, 0.25) is 0 Å². The van der Waals surface area contributed by atoms with Crippen molar-refractivity contribution in [2.45, 2.75) is 117 Å². The van der Waals surface area contributed by atoms with Gasteiger partial charge in [-0.15, -0.1) is 23.2 Å². The van der Waals surface area contributed by atoms with Crippen LogP contribution in [0.4, 0.5) is 4.39 Å². The fourth-order valence-electron chi connectivity index (χ4n) is 5.93. The smallest absolute Gasteiger partial charge is 0.246 e. The third-order valence-electron chi connectivity index (χ3n) is 8.14. The first kappa shape index (κ1) is 24.0. The van der Waals surface area contributed by atoms with Gasteiger partial charge in [-0.3, -0.25) is 4.79 Å². The van der Waals surface area contributed by atoms with Gasteiger partial charge in [-0.25, -0.2) is 4.39 Å². The summed E-state index contributed by atoms with van der Waals surface area (Å²) in [5.74, 6) is 0.320. The van der Waals surface area contributed by atoms with E-state index in [0.29, 0.717) is 43.4 Å². The molecule has 5 fully saturated rings. The van der Waals surface area contributed by atoms with E-state index in [1.165, 1.54) is 0 Å². The van der Waals surface area contributed by atoms with Gasteiger partial charge in [0.2, 0.25) is 5.91 Å². The monoisotopic (exact) mass is 479 g/mol. The summed E-state index contributed by atoms with van der Waals surface area (Å²) in [5, 5.41) is 13.8. The van der Waals surface area contributed by atoms with E-state index in [-0.39, 0.29) is 30.6 Å². The number of aliphatic hydroxyl groups excluding tert-OH is 1. The number of halogens is 3. The van der Waals surface area contributed by atoms with E-state index in [1.54, 1.807) is 0 Å². The minimum absolute atomic E-state index is 0.107. The molecule has 5 rings (SSSR count). The third-order valence-corrected chi connectivity index (χ3v) is 9.07.